The van der Waals surface area contributed by atoms with Crippen molar-refractivity contribution in [1.82, 2.24) is 0 Å². The first-order chi connectivity index (χ1) is 11.5. The van der Waals surface area contributed by atoms with Gasteiger partial charge in [-0.1, -0.05) is 42.2 Å². The van der Waals surface area contributed by atoms with Crippen LogP contribution in [0.5, 0.6) is 5.75 Å². The fourth-order valence-corrected chi connectivity index (χ4v) is 3.49. The molecule has 1 aliphatic heterocycles. The van der Waals surface area contributed by atoms with Gasteiger partial charge in [-0.2, -0.15) is 0 Å². The van der Waals surface area contributed by atoms with Gasteiger partial charge in [0.05, 0.1) is 16.2 Å². The van der Waals surface area contributed by atoms with Gasteiger partial charge < -0.3 is 10.2 Å². The van der Waals surface area contributed by atoms with Gasteiger partial charge in [-0.15, -0.1) is 0 Å². The lowest BCUT2D eigenvalue weighted by Crippen LogP contribution is -2.27. The number of phenols is 1. The molecule has 120 valence electrons. The van der Waals surface area contributed by atoms with Crippen LogP contribution in [-0.4, -0.2) is 26.4 Å². The van der Waals surface area contributed by atoms with Gasteiger partial charge in [0.15, 0.2) is 4.32 Å². The van der Waals surface area contributed by atoms with E-state index in [0.717, 1.165) is 11.8 Å². The molecule has 0 aliphatic carbocycles. The number of benzene rings is 2. The fraction of sp³-hybridized carbons (Fsp3) is 0. The molecule has 0 spiro atoms. The standard InChI is InChI=1S/C17H11NO4S2/c19-13-3-1-2-12(9-13)18-15(20)14(24-17(18)23)8-10-4-6-11(7-5-10)16(21)22/h1-9,19H,(H,21,22)/b14-8-. The van der Waals surface area contributed by atoms with Crippen LogP contribution in [0.3, 0.4) is 0 Å². The van der Waals surface area contributed by atoms with Gasteiger partial charge in [-0.05, 0) is 35.9 Å². The summed E-state index contributed by atoms with van der Waals surface area (Å²) in [5, 5.41) is 18.5. The lowest BCUT2D eigenvalue weighted by Gasteiger charge is -2.14. The zero-order chi connectivity index (χ0) is 17.3. The number of carboxylic acids is 1. The molecule has 0 saturated carbocycles. The Morgan fingerprint density at radius 2 is 1.88 bits per heavy atom. The number of amides is 1. The predicted molar refractivity (Wildman–Crippen MR) is 97.2 cm³/mol. The number of thiocarbonyl (C=S) groups is 1. The van der Waals surface area contributed by atoms with E-state index in [0.29, 0.717) is 20.5 Å². The Hall–Kier alpha value is -2.64. The maximum absolute atomic E-state index is 12.6. The summed E-state index contributed by atoms with van der Waals surface area (Å²) >= 11 is 6.42. The van der Waals surface area contributed by atoms with E-state index < -0.39 is 5.97 Å². The second kappa shape index (κ2) is 6.46. The largest absolute Gasteiger partial charge is 0.508 e. The summed E-state index contributed by atoms with van der Waals surface area (Å²) in [6.07, 6.45) is 1.66. The predicted octanol–water partition coefficient (Wildman–Crippen LogP) is 3.50. The van der Waals surface area contributed by atoms with Crippen LogP contribution in [0.4, 0.5) is 5.69 Å². The average molecular weight is 357 g/mol. The number of nitrogens with zero attached hydrogens (tertiary/aromatic N) is 1. The molecule has 1 heterocycles. The van der Waals surface area contributed by atoms with Crippen molar-refractivity contribution in [2.75, 3.05) is 4.90 Å². The molecule has 2 N–H and O–H groups in total. The Labute approximate surface area is 147 Å². The molecular formula is C17H11NO4S2. The quantitative estimate of drug-likeness (QED) is 0.647. The number of rotatable bonds is 3. The number of phenolic OH excluding ortho intramolecular Hbond substituents is 1. The van der Waals surface area contributed by atoms with Crippen LogP contribution >= 0.6 is 24.0 Å². The van der Waals surface area contributed by atoms with Crippen LogP contribution < -0.4 is 4.90 Å². The maximum atomic E-state index is 12.6. The summed E-state index contributed by atoms with van der Waals surface area (Å²) in [6, 6.07) is 12.5. The Kier molecular flexibility index (Phi) is 4.37. The molecule has 1 fully saturated rings. The zero-order valence-electron chi connectivity index (χ0n) is 12.2. The molecule has 0 unspecified atom stereocenters. The van der Waals surface area contributed by atoms with Crippen LogP contribution in [-0.2, 0) is 4.79 Å². The Morgan fingerprint density at radius 1 is 1.17 bits per heavy atom. The topological polar surface area (TPSA) is 77.8 Å². The number of hydrogen-bond acceptors (Lipinski definition) is 5. The third-order valence-electron chi connectivity index (χ3n) is 3.34. The minimum absolute atomic E-state index is 0.0507. The van der Waals surface area contributed by atoms with Crippen LogP contribution in [0.1, 0.15) is 15.9 Å². The lowest BCUT2D eigenvalue weighted by molar-refractivity contribution is -0.113. The summed E-state index contributed by atoms with van der Waals surface area (Å²) in [4.78, 5) is 25.2. The number of thioether (sulfide) groups is 1. The highest BCUT2D eigenvalue weighted by atomic mass is 32.2. The third kappa shape index (κ3) is 3.17. The number of carbonyl (C=O) groups excluding carboxylic acids is 1. The number of anilines is 1. The molecule has 5 nitrogen and oxygen atoms in total. The summed E-state index contributed by atoms with van der Waals surface area (Å²) in [6.45, 7) is 0. The van der Waals surface area contributed by atoms with Crippen LogP contribution in [0.15, 0.2) is 53.4 Å². The highest BCUT2D eigenvalue weighted by Gasteiger charge is 2.33. The van der Waals surface area contributed by atoms with Crippen molar-refractivity contribution in [2.45, 2.75) is 0 Å². The minimum atomic E-state index is -1.00. The van der Waals surface area contributed by atoms with Crippen molar-refractivity contribution in [3.63, 3.8) is 0 Å². The number of hydrogen-bond donors (Lipinski definition) is 2. The number of carboxylic acid groups (broad SMARTS) is 1. The average Bonchev–Trinajstić information content (AvgIpc) is 2.82. The molecule has 24 heavy (non-hydrogen) atoms. The van der Waals surface area contributed by atoms with Crippen LogP contribution in [0.25, 0.3) is 6.08 Å². The molecule has 3 rings (SSSR count). The molecule has 0 bridgehead atoms. The second-order valence-corrected chi connectivity index (χ2v) is 6.64. The van der Waals surface area contributed by atoms with E-state index in [4.69, 9.17) is 17.3 Å². The van der Waals surface area contributed by atoms with Gasteiger partial charge in [0.2, 0.25) is 0 Å². The SMILES string of the molecule is O=C(O)c1ccc(/C=C2\SC(=S)N(c3cccc(O)c3)C2=O)cc1. The van der Waals surface area contributed by atoms with Gasteiger partial charge in [-0.3, -0.25) is 9.69 Å². The van der Waals surface area contributed by atoms with Crippen molar-refractivity contribution >= 4 is 51.9 Å². The summed E-state index contributed by atoms with van der Waals surface area (Å²) in [5.74, 6) is -1.23. The summed E-state index contributed by atoms with van der Waals surface area (Å²) in [5.41, 5.74) is 1.39. The number of aromatic hydroxyl groups is 1. The minimum Gasteiger partial charge on any atom is -0.508 e. The van der Waals surface area contributed by atoms with Crippen molar-refractivity contribution in [3.8, 4) is 5.75 Å². The molecule has 2 aromatic rings. The van der Waals surface area contributed by atoms with Crippen molar-refractivity contribution in [1.29, 1.82) is 0 Å². The molecule has 1 aliphatic rings. The first-order valence-electron chi connectivity index (χ1n) is 6.86. The molecule has 1 saturated heterocycles. The first kappa shape index (κ1) is 16.2. The third-order valence-corrected chi connectivity index (χ3v) is 4.64. The van der Waals surface area contributed by atoms with E-state index in [9.17, 15) is 14.7 Å². The van der Waals surface area contributed by atoms with Gasteiger partial charge in [0.1, 0.15) is 5.75 Å². The monoisotopic (exact) mass is 357 g/mol. The Balaban J connectivity index is 1.89. The normalized spacial score (nSPS) is 16.0. The molecule has 1 amide bonds. The smallest absolute Gasteiger partial charge is 0.335 e. The Bertz CT molecular complexity index is 874. The van der Waals surface area contributed by atoms with E-state index in [1.54, 1.807) is 30.3 Å². The van der Waals surface area contributed by atoms with Gasteiger partial charge >= 0.3 is 5.97 Å². The van der Waals surface area contributed by atoms with Crippen LogP contribution in [0.2, 0.25) is 0 Å². The van der Waals surface area contributed by atoms with Crippen molar-refractivity contribution in [2.24, 2.45) is 0 Å². The van der Waals surface area contributed by atoms with Gasteiger partial charge in [-0.25, -0.2) is 4.79 Å². The second-order valence-electron chi connectivity index (χ2n) is 4.96. The number of carbonyl (C=O) groups is 2. The molecule has 7 heteroatoms. The van der Waals surface area contributed by atoms with E-state index in [-0.39, 0.29) is 17.2 Å². The van der Waals surface area contributed by atoms with Gasteiger partial charge in [0.25, 0.3) is 5.91 Å². The Morgan fingerprint density at radius 3 is 2.50 bits per heavy atom. The van der Waals surface area contributed by atoms with Crippen molar-refractivity contribution < 1.29 is 19.8 Å². The molecule has 0 atom stereocenters. The highest BCUT2D eigenvalue weighted by Crippen LogP contribution is 2.36. The van der Waals surface area contributed by atoms with Crippen LogP contribution in [0, 0.1) is 0 Å². The summed E-state index contributed by atoms with van der Waals surface area (Å²) in [7, 11) is 0. The molecule has 0 aromatic heterocycles. The van der Waals surface area contributed by atoms with E-state index in [1.807, 2.05) is 0 Å². The van der Waals surface area contributed by atoms with E-state index >= 15 is 0 Å². The molecular weight excluding hydrogens is 346 g/mol. The highest BCUT2D eigenvalue weighted by molar-refractivity contribution is 8.27. The number of aromatic carboxylic acids is 1. The fourth-order valence-electron chi connectivity index (χ4n) is 2.20. The zero-order valence-corrected chi connectivity index (χ0v) is 13.8. The van der Waals surface area contributed by atoms with Gasteiger partial charge in [0, 0.05) is 6.07 Å². The van der Waals surface area contributed by atoms with Crippen molar-refractivity contribution in [3.05, 3.63) is 64.6 Å². The van der Waals surface area contributed by atoms with E-state index in [2.05, 4.69) is 0 Å². The molecule has 2 aromatic carbocycles. The lowest BCUT2D eigenvalue weighted by atomic mass is 10.1. The van der Waals surface area contributed by atoms with E-state index in [1.165, 1.54) is 29.2 Å². The first-order valence-corrected chi connectivity index (χ1v) is 8.08. The summed E-state index contributed by atoms with van der Waals surface area (Å²) < 4.78 is 0.374. The molecule has 0 radical (unpaired) electrons. The maximum Gasteiger partial charge on any atom is 0.335 e.